The van der Waals surface area contributed by atoms with Crippen LogP contribution in [0, 0.1) is 6.92 Å². The van der Waals surface area contributed by atoms with Gasteiger partial charge in [0, 0.05) is 50.1 Å². The van der Waals surface area contributed by atoms with Crippen LogP contribution in [0.3, 0.4) is 0 Å². The van der Waals surface area contributed by atoms with Crippen LogP contribution in [0.25, 0.3) is 11.0 Å². The molecule has 2 N–H and O–H groups in total. The molecule has 6 nitrogen and oxygen atoms in total. The highest BCUT2D eigenvalue weighted by molar-refractivity contribution is 6.07. The summed E-state index contributed by atoms with van der Waals surface area (Å²) in [5.74, 6) is 0.929. The summed E-state index contributed by atoms with van der Waals surface area (Å²) in [7, 11) is 3.81. The zero-order chi connectivity index (χ0) is 21.3. The number of aromatic nitrogens is 3. The van der Waals surface area contributed by atoms with Crippen molar-refractivity contribution in [1.82, 2.24) is 9.55 Å². The van der Waals surface area contributed by atoms with E-state index in [0.717, 1.165) is 46.9 Å². The Morgan fingerprint density at radius 1 is 1.13 bits per heavy atom. The first-order valence-corrected chi connectivity index (χ1v) is 9.98. The summed E-state index contributed by atoms with van der Waals surface area (Å²) in [6.07, 6.45) is 2.79. The molecular formula is C24H26N5O+. The van der Waals surface area contributed by atoms with Crippen molar-refractivity contribution < 1.29 is 9.36 Å². The summed E-state index contributed by atoms with van der Waals surface area (Å²) in [4.78, 5) is 19.4. The maximum absolute atomic E-state index is 12.9. The average molecular weight is 401 g/mol. The zero-order valence-electron chi connectivity index (χ0n) is 17.5. The first kappa shape index (κ1) is 19.6. The smallest absolute Gasteiger partial charge is 0.258 e. The maximum Gasteiger partial charge on any atom is 0.258 e. The van der Waals surface area contributed by atoms with Crippen molar-refractivity contribution in [2.45, 2.75) is 19.9 Å². The number of carbonyl (C=O) groups is 1. The van der Waals surface area contributed by atoms with E-state index >= 15 is 0 Å². The lowest BCUT2D eigenvalue weighted by atomic mass is 10.1. The summed E-state index contributed by atoms with van der Waals surface area (Å²) in [6.45, 7) is 2.86. The Labute approximate surface area is 176 Å². The monoisotopic (exact) mass is 400 g/mol. The molecule has 0 spiro atoms. The number of rotatable bonds is 5. The first-order valence-electron chi connectivity index (χ1n) is 9.98. The minimum Gasteiger partial charge on any atom is -0.398 e. The lowest BCUT2D eigenvalue weighted by Gasteiger charge is -2.17. The van der Waals surface area contributed by atoms with Crippen molar-refractivity contribution in [1.29, 1.82) is 0 Å². The number of carbonyl (C=O) groups excluding carboxylic acids is 1. The quantitative estimate of drug-likeness (QED) is 0.523. The SMILES string of the molecule is Cc1cc(N)cc[n+]1CCc1nc2cc(C(=O)N(C)c3ccccc3)ccc2n1C. The molecule has 0 aliphatic rings. The number of anilines is 2. The molecule has 4 aromatic rings. The Hall–Kier alpha value is -3.67. The van der Waals surface area contributed by atoms with Crippen LogP contribution in [0.5, 0.6) is 0 Å². The second kappa shape index (κ2) is 7.99. The number of nitrogens with zero attached hydrogens (tertiary/aromatic N) is 4. The van der Waals surface area contributed by atoms with Gasteiger partial charge in [-0.1, -0.05) is 18.2 Å². The van der Waals surface area contributed by atoms with Crippen molar-refractivity contribution in [3.8, 4) is 0 Å². The molecule has 4 rings (SSSR count). The van der Waals surface area contributed by atoms with Crippen molar-refractivity contribution in [3.05, 3.63) is 83.9 Å². The molecule has 6 heteroatoms. The van der Waals surface area contributed by atoms with E-state index < -0.39 is 0 Å². The van der Waals surface area contributed by atoms with E-state index in [1.807, 2.05) is 80.8 Å². The van der Waals surface area contributed by atoms with Gasteiger partial charge in [-0.15, -0.1) is 0 Å². The van der Waals surface area contributed by atoms with Crippen molar-refractivity contribution in [2.24, 2.45) is 7.05 Å². The second-order valence-corrected chi connectivity index (χ2v) is 7.54. The van der Waals surface area contributed by atoms with Gasteiger partial charge in [-0.25, -0.2) is 9.55 Å². The zero-order valence-corrected chi connectivity index (χ0v) is 17.5. The molecule has 30 heavy (non-hydrogen) atoms. The lowest BCUT2D eigenvalue weighted by Crippen LogP contribution is -2.38. The van der Waals surface area contributed by atoms with Gasteiger partial charge >= 0.3 is 0 Å². The third-order valence-corrected chi connectivity index (χ3v) is 5.52. The van der Waals surface area contributed by atoms with Gasteiger partial charge < -0.3 is 15.2 Å². The molecular weight excluding hydrogens is 374 g/mol. The molecule has 0 unspecified atom stereocenters. The van der Waals surface area contributed by atoms with Crippen LogP contribution in [0.1, 0.15) is 21.9 Å². The molecule has 0 fully saturated rings. The van der Waals surface area contributed by atoms with E-state index in [9.17, 15) is 4.79 Å². The molecule has 0 bridgehead atoms. The number of imidazole rings is 1. The van der Waals surface area contributed by atoms with Gasteiger partial charge in [0.15, 0.2) is 18.4 Å². The average Bonchev–Trinajstić information content (AvgIpc) is 3.07. The third-order valence-electron chi connectivity index (χ3n) is 5.52. The number of fused-ring (bicyclic) bond motifs is 1. The molecule has 0 aliphatic carbocycles. The fraction of sp³-hybridized carbons (Fsp3) is 0.208. The molecule has 152 valence electrons. The van der Waals surface area contributed by atoms with Gasteiger partial charge in [0.2, 0.25) is 0 Å². The highest BCUT2D eigenvalue weighted by Gasteiger charge is 2.17. The number of aryl methyl sites for hydroxylation is 4. The molecule has 0 saturated carbocycles. The Kier molecular flexibility index (Phi) is 5.23. The number of nitrogen functional groups attached to an aromatic ring is 1. The third kappa shape index (κ3) is 3.76. The number of hydrogen-bond acceptors (Lipinski definition) is 3. The highest BCUT2D eigenvalue weighted by Crippen LogP contribution is 2.20. The number of amides is 1. The maximum atomic E-state index is 12.9. The Morgan fingerprint density at radius 2 is 1.90 bits per heavy atom. The molecule has 0 atom stereocenters. The largest absolute Gasteiger partial charge is 0.398 e. The van der Waals surface area contributed by atoms with E-state index in [-0.39, 0.29) is 5.91 Å². The molecule has 1 amide bonds. The summed E-state index contributed by atoms with van der Waals surface area (Å²) >= 11 is 0. The fourth-order valence-electron chi connectivity index (χ4n) is 3.71. The summed E-state index contributed by atoms with van der Waals surface area (Å²) in [6, 6.07) is 19.2. The summed E-state index contributed by atoms with van der Waals surface area (Å²) in [5, 5.41) is 0. The van der Waals surface area contributed by atoms with Crippen LogP contribution < -0.4 is 15.2 Å². The number of para-hydroxylation sites is 1. The second-order valence-electron chi connectivity index (χ2n) is 7.54. The van der Waals surface area contributed by atoms with E-state index in [1.165, 1.54) is 0 Å². The van der Waals surface area contributed by atoms with Crippen molar-refractivity contribution >= 4 is 28.3 Å². The fourth-order valence-corrected chi connectivity index (χ4v) is 3.71. The predicted octanol–water partition coefficient (Wildman–Crippen LogP) is 3.27. The van der Waals surface area contributed by atoms with E-state index in [0.29, 0.717) is 5.56 Å². The van der Waals surface area contributed by atoms with Gasteiger partial charge in [0.25, 0.3) is 5.91 Å². The van der Waals surface area contributed by atoms with Gasteiger partial charge in [0.1, 0.15) is 5.82 Å². The lowest BCUT2D eigenvalue weighted by molar-refractivity contribution is -0.702. The number of nitrogens with two attached hydrogens (primary N) is 1. The minimum atomic E-state index is -0.0524. The van der Waals surface area contributed by atoms with Crippen LogP contribution in [-0.4, -0.2) is 22.5 Å². The van der Waals surface area contributed by atoms with E-state index in [4.69, 9.17) is 10.7 Å². The first-order chi connectivity index (χ1) is 14.4. The predicted molar refractivity (Wildman–Crippen MR) is 119 cm³/mol. The van der Waals surface area contributed by atoms with Crippen LogP contribution in [0.4, 0.5) is 11.4 Å². The Morgan fingerprint density at radius 3 is 2.63 bits per heavy atom. The Bertz CT molecular complexity index is 1210. The molecule has 2 aromatic carbocycles. The van der Waals surface area contributed by atoms with E-state index in [1.54, 1.807) is 11.9 Å². The van der Waals surface area contributed by atoms with Crippen molar-refractivity contribution in [2.75, 3.05) is 17.7 Å². The van der Waals surface area contributed by atoms with Gasteiger partial charge in [0.05, 0.1) is 17.5 Å². The standard InChI is InChI=1S/C24H25N5O/c1-17-15-19(25)11-13-29(17)14-12-23-26-21-16-18(9-10-22(21)28(23)3)24(30)27(2)20-7-5-4-6-8-20/h4-11,13,15-16,25H,12,14H2,1-3H3/p+1. The van der Waals surface area contributed by atoms with E-state index in [2.05, 4.69) is 9.13 Å². The summed E-state index contributed by atoms with van der Waals surface area (Å²) < 4.78 is 4.26. The molecule has 0 saturated heterocycles. The molecule has 2 heterocycles. The Balaban J connectivity index is 1.57. The molecule has 0 aliphatic heterocycles. The van der Waals surface area contributed by atoms with Crippen LogP contribution in [0.15, 0.2) is 66.9 Å². The van der Waals surface area contributed by atoms with Gasteiger partial charge in [-0.2, -0.15) is 0 Å². The number of benzene rings is 2. The van der Waals surface area contributed by atoms with Gasteiger partial charge in [-0.05, 0) is 30.3 Å². The highest BCUT2D eigenvalue weighted by atomic mass is 16.2. The van der Waals surface area contributed by atoms with Crippen molar-refractivity contribution in [3.63, 3.8) is 0 Å². The van der Waals surface area contributed by atoms with Crippen LogP contribution in [0.2, 0.25) is 0 Å². The molecule has 0 radical (unpaired) electrons. The minimum absolute atomic E-state index is 0.0524. The normalized spacial score (nSPS) is 11.0. The van der Waals surface area contributed by atoms with Gasteiger partial charge in [-0.3, -0.25) is 4.79 Å². The summed E-state index contributed by atoms with van der Waals surface area (Å²) in [5.41, 5.74) is 11.1. The van der Waals surface area contributed by atoms with Crippen LogP contribution >= 0.6 is 0 Å². The number of pyridine rings is 1. The number of hydrogen-bond donors (Lipinski definition) is 1. The topological polar surface area (TPSA) is 68.0 Å². The molecule has 2 aromatic heterocycles. The van der Waals surface area contributed by atoms with Crippen LogP contribution in [-0.2, 0) is 20.0 Å².